The van der Waals surface area contributed by atoms with E-state index in [1.54, 1.807) is 0 Å². The van der Waals surface area contributed by atoms with E-state index in [-0.39, 0.29) is 0 Å². The van der Waals surface area contributed by atoms with Crippen LogP contribution in [-0.2, 0) is 0 Å². The molecule has 1 heterocycles. The van der Waals surface area contributed by atoms with Crippen molar-refractivity contribution in [1.29, 1.82) is 0 Å². The number of hydrogen-bond acceptors (Lipinski definition) is 1. The topological polar surface area (TPSA) is 3.24 Å². The van der Waals surface area contributed by atoms with Gasteiger partial charge in [0.25, 0.3) is 0 Å². The predicted octanol–water partition coefficient (Wildman–Crippen LogP) is 7.30. The van der Waals surface area contributed by atoms with Gasteiger partial charge in [0.1, 0.15) is 0 Å². The van der Waals surface area contributed by atoms with Crippen LogP contribution in [0.5, 0.6) is 0 Å². The summed E-state index contributed by atoms with van der Waals surface area (Å²) in [4.78, 5) is 1.21. The van der Waals surface area contributed by atoms with Crippen molar-refractivity contribution in [3.05, 3.63) is 64.2 Å². The van der Waals surface area contributed by atoms with Gasteiger partial charge in [0.15, 0.2) is 0 Å². The van der Waals surface area contributed by atoms with Crippen LogP contribution < -0.4 is 0 Å². The molecule has 2 atom stereocenters. The zero-order chi connectivity index (χ0) is 19.6. The van der Waals surface area contributed by atoms with Crippen LogP contribution in [0.4, 0.5) is 0 Å². The van der Waals surface area contributed by atoms with E-state index in [0.717, 1.165) is 5.02 Å². The van der Waals surface area contributed by atoms with E-state index in [4.69, 9.17) is 23.3 Å². The molecule has 0 aliphatic carbocycles. The third-order valence-corrected chi connectivity index (χ3v) is 8.64. The second-order valence-electron chi connectivity index (χ2n) is 7.89. The van der Waals surface area contributed by atoms with Crippen molar-refractivity contribution in [1.82, 2.24) is 4.31 Å². The van der Waals surface area contributed by atoms with Crippen molar-refractivity contribution in [2.24, 2.45) is 0 Å². The first kappa shape index (κ1) is 20.5. The molecular weight excluding hydrogens is 370 g/mol. The molecule has 0 spiro atoms. The Morgan fingerprint density at radius 2 is 1.74 bits per heavy atom. The summed E-state index contributed by atoms with van der Waals surface area (Å²) in [6, 6.07) is 16.0. The molecule has 0 amide bonds. The van der Waals surface area contributed by atoms with Crippen LogP contribution >= 0.6 is 21.0 Å². The quantitative estimate of drug-likeness (QED) is 0.475. The Kier molecular flexibility index (Phi) is 6.40. The van der Waals surface area contributed by atoms with Gasteiger partial charge >= 0.3 is 0 Å². The number of benzene rings is 2. The van der Waals surface area contributed by atoms with Crippen LogP contribution in [0.25, 0.3) is 0 Å². The Labute approximate surface area is 171 Å². The predicted molar refractivity (Wildman–Crippen MR) is 125 cm³/mol. The van der Waals surface area contributed by atoms with Gasteiger partial charge < -0.3 is 0 Å². The monoisotopic (exact) mass is 401 g/mol. The fourth-order valence-corrected chi connectivity index (χ4v) is 6.79. The van der Waals surface area contributed by atoms with Gasteiger partial charge in [-0.1, -0.05) is 54.9 Å². The first-order chi connectivity index (χ1) is 12.8. The van der Waals surface area contributed by atoms with Gasteiger partial charge in [0.05, 0.1) is 0 Å². The fourth-order valence-electron chi connectivity index (χ4n) is 4.28. The van der Waals surface area contributed by atoms with Crippen molar-refractivity contribution < 1.29 is 0 Å². The lowest BCUT2D eigenvalue weighted by Gasteiger charge is -2.47. The maximum Gasteiger partial charge on any atom is 0.0449 e. The van der Waals surface area contributed by atoms with Gasteiger partial charge in [0, 0.05) is 22.0 Å². The van der Waals surface area contributed by atoms with Crippen molar-refractivity contribution in [2.75, 3.05) is 0 Å². The molecule has 1 saturated heterocycles. The summed E-state index contributed by atoms with van der Waals surface area (Å²) < 4.78 is 2.67. The highest BCUT2D eigenvalue weighted by Gasteiger charge is 2.34. The average molecular weight is 402 g/mol. The summed E-state index contributed by atoms with van der Waals surface area (Å²) in [5.74, 6) is 9.39. The molecule has 1 aliphatic heterocycles. The zero-order valence-corrected chi connectivity index (χ0v) is 18.5. The van der Waals surface area contributed by atoms with E-state index >= 15 is 0 Å². The molecule has 0 bridgehead atoms. The molecule has 3 heteroatoms. The summed E-state index contributed by atoms with van der Waals surface area (Å²) in [5, 5.41) is 0.767. The first-order valence-electron chi connectivity index (χ1n) is 9.95. The van der Waals surface area contributed by atoms with E-state index in [1.807, 2.05) is 12.1 Å². The Morgan fingerprint density at radius 1 is 1.04 bits per heavy atom. The Morgan fingerprint density at radius 3 is 2.37 bits per heavy atom. The minimum Gasteiger partial charge on any atom is -0.247 e. The van der Waals surface area contributed by atoms with Gasteiger partial charge in [0.2, 0.25) is 0 Å². The molecule has 1 aliphatic rings. The third-order valence-electron chi connectivity index (χ3n) is 5.88. The molecule has 2 aromatic carbocycles. The lowest BCUT2D eigenvalue weighted by atomic mass is 9.90. The summed E-state index contributed by atoms with van der Waals surface area (Å²) in [5.41, 5.74) is 4.13. The van der Waals surface area contributed by atoms with Crippen LogP contribution in [0.15, 0.2) is 47.4 Å². The molecular formula is C24H32ClNS. The number of rotatable bonds is 5. The Bertz CT molecular complexity index is 881. The van der Waals surface area contributed by atoms with Crippen LogP contribution in [0, 0.1) is 13.8 Å². The number of halogens is 1. The van der Waals surface area contributed by atoms with Crippen LogP contribution in [-0.4, -0.2) is 22.1 Å². The standard InChI is InChI=1S/C24H32ClNS/c1-6-8-22-9-7-10-24(20-12-11-18(2)19(3)17-20)26(22)27(4,5)23-15-13-21(25)14-16-23/h11-17,22,24H,4-10H2,1-3H3/t22-,24-/m0/s1. The molecule has 27 heavy (non-hydrogen) atoms. The van der Waals surface area contributed by atoms with Crippen molar-refractivity contribution >= 4 is 32.7 Å². The summed E-state index contributed by atoms with van der Waals surface area (Å²) in [6.45, 7) is 6.68. The normalized spacial score (nSPS) is 21.3. The second kappa shape index (κ2) is 8.43. The summed E-state index contributed by atoms with van der Waals surface area (Å²) in [6.07, 6.45) is 6.08. The maximum atomic E-state index is 6.14. The lowest BCUT2D eigenvalue weighted by molar-refractivity contribution is 0.186. The number of nitrogens with zero attached hydrogens (tertiary/aromatic N) is 1. The van der Waals surface area contributed by atoms with E-state index in [9.17, 15) is 0 Å². The minimum atomic E-state index is -1.60. The number of hydrogen-bond donors (Lipinski definition) is 0. The molecule has 1 nitrogen and oxygen atoms in total. The fraction of sp³-hybridized carbons (Fsp3) is 0.417. The second-order valence-corrected chi connectivity index (χ2v) is 10.9. The molecule has 1 fully saturated rings. The lowest BCUT2D eigenvalue weighted by Crippen LogP contribution is -2.39. The van der Waals surface area contributed by atoms with E-state index in [0.29, 0.717) is 12.1 Å². The summed E-state index contributed by atoms with van der Waals surface area (Å²) in [7, 11) is -1.60. The largest absolute Gasteiger partial charge is 0.247 e. The molecule has 0 unspecified atom stereocenters. The van der Waals surface area contributed by atoms with Crippen LogP contribution in [0.2, 0.25) is 5.02 Å². The van der Waals surface area contributed by atoms with Gasteiger partial charge in [-0.3, -0.25) is 0 Å². The highest BCUT2D eigenvalue weighted by atomic mass is 35.5. The molecule has 2 aromatic rings. The first-order valence-corrected chi connectivity index (χ1v) is 12.3. The third kappa shape index (κ3) is 4.29. The van der Waals surface area contributed by atoms with Gasteiger partial charge in [-0.05, 0) is 80.5 Å². The average Bonchev–Trinajstić information content (AvgIpc) is 2.64. The number of piperidine rings is 1. The Hall–Kier alpha value is -1.22. The van der Waals surface area contributed by atoms with Crippen molar-refractivity contribution in [3.8, 4) is 0 Å². The Balaban J connectivity index is 2.08. The maximum absolute atomic E-state index is 6.14. The molecule has 146 valence electrons. The molecule has 0 radical (unpaired) electrons. The van der Waals surface area contributed by atoms with Crippen molar-refractivity contribution in [3.63, 3.8) is 0 Å². The molecule has 0 N–H and O–H groups in total. The van der Waals surface area contributed by atoms with Gasteiger partial charge in [-0.25, -0.2) is 4.31 Å². The van der Waals surface area contributed by atoms with Crippen molar-refractivity contribution in [2.45, 2.75) is 69.9 Å². The zero-order valence-electron chi connectivity index (χ0n) is 16.9. The highest BCUT2D eigenvalue weighted by Crippen LogP contribution is 2.50. The van der Waals surface area contributed by atoms with Crippen LogP contribution in [0.1, 0.15) is 61.8 Å². The molecule has 3 rings (SSSR count). The van der Waals surface area contributed by atoms with Gasteiger partial charge in [-0.15, -0.1) is 9.39 Å². The van der Waals surface area contributed by atoms with E-state index in [1.165, 1.54) is 53.7 Å². The number of aryl methyl sites for hydroxylation is 2. The molecule has 0 aromatic heterocycles. The van der Waals surface area contributed by atoms with E-state index in [2.05, 4.69) is 55.4 Å². The SMILES string of the molecule is C=S(=C)(c1ccc(Cl)cc1)N1[C@@H](CCC)CCC[C@H]1c1ccc(C)c(C)c1. The van der Waals surface area contributed by atoms with Gasteiger partial charge in [-0.2, -0.15) is 0 Å². The van der Waals surface area contributed by atoms with E-state index < -0.39 is 9.39 Å². The summed E-state index contributed by atoms with van der Waals surface area (Å²) >= 11 is 6.14. The highest BCUT2D eigenvalue weighted by molar-refractivity contribution is 8.25. The minimum absolute atomic E-state index is 0.385. The smallest absolute Gasteiger partial charge is 0.0449 e. The van der Waals surface area contributed by atoms with Crippen LogP contribution in [0.3, 0.4) is 0 Å². The molecule has 0 saturated carbocycles.